The second-order valence-corrected chi connectivity index (χ2v) is 2.47. The van der Waals surface area contributed by atoms with Crippen LogP contribution in [0.1, 0.15) is 6.42 Å². The average molecular weight is 146 g/mol. The van der Waals surface area contributed by atoms with Gasteiger partial charge in [0.2, 0.25) is 0 Å². The van der Waals surface area contributed by atoms with Gasteiger partial charge in [0, 0.05) is 6.61 Å². The minimum Gasteiger partial charge on any atom is -0.379 e. The van der Waals surface area contributed by atoms with Gasteiger partial charge < -0.3 is 9.64 Å². The molecule has 0 spiro atoms. The van der Waals surface area contributed by atoms with Crippen LogP contribution in [-0.4, -0.2) is 45.4 Å². The van der Waals surface area contributed by atoms with Gasteiger partial charge in [0.25, 0.3) is 0 Å². The second kappa shape index (κ2) is 6.99. The van der Waals surface area contributed by atoms with Crippen LogP contribution in [0.2, 0.25) is 0 Å². The monoisotopic (exact) mass is 146 g/mol. The molecule has 0 bridgehead atoms. The Balaban J connectivity index is 2.77. The highest BCUT2D eigenvalue weighted by Crippen LogP contribution is 1.84. The molecule has 0 unspecified atom stereocenters. The van der Waals surface area contributed by atoms with E-state index in [2.05, 4.69) is 4.90 Å². The molecule has 3 heteroatoms. The average Bonchev–Trinajstić information content (AvgIpc) is 1.87. The molecule has 0 aliphatic heterocycles. The number of nitrogens with zero attached hydrogens (tertiary/aromatic N) is 1. The molecule has 0 N–H and O–H groups in total. The summed E-state index contributed by atoms with van der Waals surface area (Å²) in [6.45, 7) is 1.97. The molecule has 0 aliphatic rings. The Morgan fingerprint density at radius 1 is 1.30 bits per heavy atom. The summed E-state index contributed by atoms with van der Waals surface area (Å²) in [6, 6.07) is 0. The zero-order valence-corrected chi connectivity index (χ0v) is 6.80. The minimum atomic E-state index is -0.123. The highest BCUT2D eigenvalue weighted by atomic mass is 16.5. The standard InChI is InChI=1S/C7H16NO2/c1-8(2)4-3-6-10-7-5-9/h3-7H2,1-2H3. The summed E-state index contributed by atoms with van der Waals surface area (Å²) in [7, 11) is 4.04. The maximum absolute atomic E-state index is 9.89. The lowest BCUT2D eigenvalue weighted by atomic mass is 10.4. The molecule has 0 fully saturated rings. The smallest absolute Gasteiger partial charge is 0.106 e. The quantitative estimate of drug-likeness (QED) is 0.508. The van der Waals surface area contributed by atoms with E-state index in [9.17, 15) is 5.11 Å². The molecule has 0 heterocycles. The lowest BCUT2D eigenvalue weighted by Crippen LogP contribution is -2.15. The Bertz CT molecular complexity index is 66.6. The normalized spacial score (nSPS) is 10.8. The molecular weight excluding hydrogens is 130 g/mol. The first-order valence-corrected chi connectivity index (χ1v) is 3.58. The van der Waals surface area contributed by atoms with Crippen LogP contribution in [0.15, 0.2) is 0 Å². The first-order valence-electron chi connectivity index (χ1n) is 3.58. The fraction of sp³-hybridized carbons (Fsp3) is 1.00. The highest BCUT2D eigenvalue weighted by molar-refractivity contribution is 4.41. The molecule has 61 valence electrons. The molecule has 0 rings (SSSR count). The second-order valence-electron chi connectivity index (χ2n) is 2.47. The molecule has 0 saturated heterocycles. The van der Waals surface area contributed by atoms with Crippen LogP contribution in [-0.2, 0) is 9.84 Å². The Labute approximate surface area is 62.6 Å². The van der Waals surface area contributed by atoms with Crippen molar-refractivity contribution in [3.05, 3.63) is 0 Å². The molecule has 0 aromatic heterocycles. The van der Waals surface area contributed by atoms with Crippen LogP contribution in [0, 0.1) is 0 Å². The van der Waals surface area contributed by atoms with Crippen molar-refractivity contribution in [3.8, 4) is 0 Å². The zero-order chi connectivity index (χ0) is 7.82. The van der Waals surface area contributed by atoms with E-state index >= 15 is 0 Å². The van der Waals surface area contributed by atoms with Gasteiger partial charge in [-0.3, -0.25) is 0 Å². The molecular formula is C7H16NO2. The van der Waals surface area contributed by atoms with Crippen molar-refractivity contribution in [1.82, 2.24) is 4.90 Å². The van der Waals surface area contributed by atoms with Crippen molar-refractivity contribution in [3.63, 3.8) is 0 Å². The van der Waals surface area contributed by atoms with Gasteiger partial charge >= 0.3 is 0 Å². The topological polar surface area (TPSA) is 32.4 Å². The van der Waals surface area contributed by atoms with Crippen molar-refractivity contribution < 1.29 is 9.84 Å². The van der Waals surface area contributed by atoms with Crippen LogP contribution in [0.3, 0.4) is 0 Å². The summed E-state index contributed by atoms with van der Waals surface area (Å²) >= 11 is 0. The van der Waals surface area contributed by atoms with Gasteiger partial charge in [0.15, 0.2) is 0 Å². The van der Waals surface area contributed by atoms with Gasteiger partial charge in [-0.2, -0.15) is 0 Å². The molecule has 0 saturated carbocycles. The molecule has 0 amide bonds. The Kier molecular flexibility index (Phi) is 6.91. The maximum atomic E-state index is 9.89. The molecule has 10 heavy (non-hydrogen) atoms. The van der Waals surface area contributed by atoms with E-state index in [-0.39, 0.29) is 6.61 Å². The predicted octanol–water partition coefficient (Wildman–Crippen LogP) is 0.385. The summed E-state index contributed by atoms with van der Waals surface area (Å²) in [4.78, 5) is 2.10. The van der Waals surface area contributed by atoms with Crippen molar-refractivity contribution in [2.45, 2.75) is 6.42 Å². The van der Waals surface area contributed by atoms with Crippen LogP contribution in [0.25, 0.3) is 0 Å². The Hall–Kier alpha value is -0.120. The molecule has 3 nitrogen and oxygen atoms in total. The first kappa shape index (κ1) is 9.88. The van der Waals surface area contributed by atoms with E-state index < -0.39 is 0 Å². The third kappa shape index (κ3) is 7.88. The van der Waals surface area contributed by atoms with E-state index in [4.69, 9.17) is 4.74 Å². The first-order chi connectivity index (χ1) is 4.77. The van der Waals surface area contributed by atoms with Crippen LogP contribution in [0.4, 0.5) is 0 Å². The maximum Gasteiger partial charge on any atom is 0.106 e. The summed E-state index contributed by atoms with van der Waals surface area (Å²) < 4.78 is 4.99. The van der Waals surface area contributed by atoms with E-state index in [1.54, 1.807) is 0 Å². The molecule has 0 atom stereocenters. The van der Waals surface area contributed by atoms with Gasteiger partial charge in [0.05, 0.1) is 6.61 Å². The van der Waals surface area contributed by atoms with Gasteiger partial charge in [-0.1, -0.05) is 0 Å². The number of hydrogen-bond donors (Lipinski definition) is 0. The van der Waals surface area contributed by atoms with Crippen LogP contribution >= 0.6 is 0 Å². The third-order valence-corrected chi connectivity index (χ3v) is 1.12. The van der Waals surface area contributed by atoms with Gasteiger partial charge in [-0.25, -0.2) is 5.11 Å². The molecule has 0 aliphatic carbocycles. The predicted molar refractivity (Wildman–Crippen MR) is 39.5 cm³/mol. The fourth-order valence-corrected chi connectivity index (χ4v) is 0.644. The largest absolute Gasteiger partial charge is 0.379 e. The van der Waals surface area contributed by atoms with Gasteiger partial charge in [-0.15, -0.1) is 0 Å². The Morgan fingerprint density at radius 2 is 2.00 bits per heavy atom. The lowest BCUT2D eigenvalue weighted by Gasteiger charge is -2.08. The number of hydrogen-bond acceptors (Lipinski definition) is 2. The summed E-state index contributed by atoms with van der Waals surface area (Å²) in [5, 5.41) is 9.89. The van der Waals surface area contributed by atoms with Crippen molar-refractivity contribution in [2.75, 3.05) is 40.5 Å². The van der Waals surface area contributed by atoms with E-state index in [1.165, 1.54) is 0 Å². The Morgan fingerprint density at radius 3 is 2.50 bits per heavy atom. The van der Waals surface area contributed by atoms with E-state index in [0.717, 1.165) is 13.0 Å². The third-order valence-electron chi connectivity index (χ3n) is 1.12. The molecule has 0 aromatic rings. The summed E-state index contributed by atoms with van der Waals surface area (Å²) in [6.07, 6.45) is 1.01. The summed E-state index contributed by atoms with van der Waals surface area (Å²) in [5.74, 6) is 0. The fourth-order valence-electron chi connectivity index (χ4n) is 0.644. The van der Waals surface area contributed by atoms with Crippen molar-refractivity contribution >= 4 is 0 Å². The van der Waals surface area contributed by atoms with Gasteiger partial charge in [0.1, 0.15) is 6.61 Å². The SMILES string of the molecule is CN(C)CCCOCC[O]. The number of rotatable bonds is 6. The van der Waals surface area contributed by atoms with E-state index in [0.29, 0.717) is 13.2 Å². The molecule has 1 radical (unpaired) electrons. The number of ether oxygens (including phenoxy) is 1. The van der Waals surface area contributed by atoms with Crippen molar-refractivity contribution in [1.29, 1.82) is 0 Å². The van der Waals surface area contributed by atoms with Gasteiger partial charge in [-0.05, 0) is 27.1 Å². The minimum absolute atomic E-state index is 0.123. The van der Waals surface area contributed by atoms with E-state index in [1.807, 2.05) is 14.1 Å². The van der Waals surface area contributed by atoms with Crippen molar-refractivity contribution in [2.24, 2.45) is 0 Å². The van der Waals surface area contributed by atoms with Crippen LogP contribution < -0.4 is 0 Å². The summed E-state index contributed by atoms with van der Waals surface area (Å²) in [5.41, 5.74) is 0. The van der Waals surface area contributed by atoms with Crippen LogP contribution in [0.5, 0.6) is 0 Å². The highest BCUT2D eigenvalue weighted by Gasteiger charge is 1.89. The lowest BCUT2D eigenvalue weighted by molar-refractivity contribution is 0.0605. The molecule has 0 aromatic carbocycles. The zero-order valence-electron chi connectivity index (χ0n) is 6.80.